The van der Waals surface area contributed by atoms with E-state index >= 15 is 0 Å². The summed E-state index contributed by atoms with van der Waals surface area (Å²) in [6.45, 7) is 6.44. The van der Waals surface area contributed by atoms with Crippen LogP contribution in [-0.4, -0.2) is 22.3 Å². The molecule has 0 radical (unpaired) electrons. The zero-order chi connectivity index (χ0) is 19.9. The van der Waals surface area contributed by atoms with Gasteiger partial charge in [-0.3, -0.25) is 9.78 Å². The van der Waals surface area contributed by atoms with E-state index in [0.717, 1.165) is 6.54 Å². The largest absolute Gasteiger partial charge is 0.369 e. The minimum Gasteiger partial charge on any atom is -0.369 e. The van der Waals surface area contributed by atoms with Crippen LogP contribution in [-0.2, 0) is 0 Å². The van der Waals surface area contributed by atoms with E-state index in [1.54, 1.807) is 25.3 Å². The van der Waals surface area contributed by atoms with Crippen molar-refractivity contribution in [2.75, 3.05) is 11.9 Å². The highest BCUT2D eigenvalue weighted by Crippen LogP contribution is 2.19. The van der Waals surface area contributed by atoms with Crippen molar-refractivity contribution in [3.05, 3.63) is 88.9 Å². The third kappa shape index (κ3) is 4.44. The van der Waals surface area contributed by atoms with Crippen LogP contribution >= 0.6 is 0 Å². The lowest BCUT2D eigenvalue weighted by Crippen LogP contribution is -2.14. The van der Waals surface area contributed by atoms with Crippen LogP contribution < -0.4 is 5.32 Å². The topological polar surface area (TPSA) is 54.9 Å². The number of nitrogens with zero attached hydrogens (tertiary/aromatic N) is 2. The van der Waals surface area contributed by atoms with Crippen LogP contribution in [0, 0.1) is 18.8 Å². The van der Waals surface area contributed by atoms with Crippen molar-refractivity contribution in [1.82, 2.24) is 9.97 Å². The van der Waals surface area contributed by atoms with Gasteiger partial charge in [-0.2, -0.15) is 0 Å². The molecule has 1 aromatic carbocycles. The fourth-order valence-corrected chi connectivity index (χ4v) is 2.98. The molecule has 2 heterocycles. The maximum atomic E-state index is 13.1. The van der Waals surface area contributed by atoms with Gasteiger partial charge in [-0.1, -0.05) is 43.2 Å². The van der Waals surface area contributed by atoms with Crippen molar-refractivity contribution in [3.8, 4) is 11.8 Å². The van der Waals surface area contributed by atoms with Crippen molar-refractivity contribution in [2.45, 2.75) is 26.7 Å². The quantitative estimate of drug-likeness (QED) is 0.509. The van der Waals surface area contributed by atoms with Gasteiger partial charge in [-0.15, -0.1) is 5.92 Å². The van der Waals surface area contributed by atoms with Gasteiger partial charge in [0, 0.05) is 24.0 Å². The second-order valence-electron chi connectivity index (χ2n) is 6.63. The molecule has 0 aliphatic rings. The molecule has 1 atom stereocenters. The number of aryl methyl sites for hydroxylation is 1. The van der Waals surface area contributed by atoms with E-state index in [2.05, 4.69) is 46.2 Å². The van der Waals surface area contributed by atoms with Gasteiger partial charge in [0.1, 0.15) is 11.5 Å². The summed E-state index contributed by atoms with van der Waals surface area (Å²) in [6, 6.07) is 17.5. The number of carbonyl (C=O) groups excluding carboxylic acids is 1. The van der Waals surface area contributed by atoms with Gasteiger partial charge in [0.15, 0.2) is 0 Å². The lowest BCUT2D eigenvalue weighted by Gasteiger charge is -2.14. The first-order valence-electron chi connectivity index (χ1n) is 9.29. The van der Waals surface area contributed by atoms with E-state index in [0.29, 0.717) is 34.3 Å². The monoisotopic (exact) mass is 369 g/mol. The Labute approximate surface area is 166 Å². The smallest absolute Gasteiger partial charge is 0.214 e. The first kappa shape index (κ1) is 19.3. The van der Waals surface area contributed by atoms with Gasteiger partial charge in [-0.25, -0.2) is 4.98 Å². The van der Waals surface area contributed by atoms with Crippen molar-refractivity contribution in [2.24, 2.45) is 0 Å². The molecule has 0 fully saturated rings. The van der Waals surface area contributed by atoms with E-state index in [9.17, 15) is 4.79 Å². The second kappa shape index (κ2) is 8.96. The van der Waals surface area contributed by atoms with E-state index in [-0.39, 0.29) is 5.78 Å². The highest BCUT2D eigenvalue weighted by atomic mass is 16.1. The van der Waals surface area contributed by atoms with Crippen LogP contribution in [0.4, 0.5) is 5.82 Å². The predicted octanol–water partition coefficient (Wildman–Crippen LogP) is 4.60. The Bertz CT molecular complexity index is 1030. The second-order valence-corrected chi connectivity index (χ2v) is 6.63. The fraction of sp³-hybridized carbons (Fsp3) is 0.208. The third-order valence-electron chi connectivity index (χ3n) is 4.58. The van der Waals surface area contributed by atoms with E-state index < -0.39 is 0 Å². The molecule has 0 bridgehead atoms. The number of hydrogen-bond donors (Lipinski definition) is 1. The van der Waals surface area contributed by atoms with Gasteiger partial charge in [0.2, 0.25) is 5.78 Å². The number of pyridine rings is 2. The maximum Gasteiger partial charge on any atom is 0.214 e. The predicted molar refractivity (Wildman–Crippen MR) is 113 cm³/mol. The molecule has 0 saturated heterocycles. The molecule has 2 aromatic heterocycles. The van der Waals surface area contributed by atoms with Crippen molar-refractivity contribution >= 4 is 11.6 Å². The highest BCUT2D eigenvalue weighted by molar-refractivity contribution is 6.10. The number of anilines is 1. The van der Waals surface area contributed by atoms with Crippen LogP contribution in [0.25, 0.3) is 0 Å². The number of carbonyl (C=O) groups is 1. The normalized spacial score (nSPS) is 11.2. The Morgan fingerprint density at radius 3 is 2.61 bits per heavy atom. The number of ketones is 1. The zero-order valence-corrected chi connectivity index (χ0v) is 16.4. The van der Waals surface area contributed by atoms with Crippen LogP contribution in [0.1, 0.15) is 52.6 Å². The molecule has 0 amide bonds. The molecule has 140 valence electrons. The Balaban J connectivity index is 1.86. The molecule has 0 unspecified atom stereocenters. The Hall–Kier alpha value is -3.45. The van der Waals surface area contributed by atoms with Gasteiger partial charge >= 0.3 is 0 Å². The lowest BCUT2D eigenvalue weighted by atomic mass is 10.0. The summed E-state index contributed by atoms with van der Waals surface area (Å²) in [6.07, 6.45) is 1.68. The molecule has 1 N–H and O–H groups in total. The average molecular weight is 369 g/mol. The van der Waals surface area contributed by atoms with Crippen molar-refractivity contribution in [1.29, 1.82) is 0 Å². The van der Waals surface area contributed by atoms with Gasteiger partial charge < -0.3 is 5.32 Å². The molecule has 0 spiro atoms. The minimum absolute atomic E-state index is 0.164. The lowest BCUT2D eigenvalue weighted by molar-refractivity contribution is 0.103. The van der Waals surface area contributed by atoms with E-state index in [4.69, 9.17) is 0 Å². The average Bonchev–Trinajstić information content (AvgIpc) is 2.73. The summed E-state index contributed by atoms with van der Waals surface area (Å²) in [5, 5.41) is 3.35. The summed E-state index contributed by atoms with van der Waals surface area (Å²) in [7, 11) is 0. The number of rotatable bonds is 6. The molecular weight excluding hydrogens is 346 g/mol. The van der Waals surface area contributed by atoms with Crippen LogP contribution in [0.5, 0.6) is 0 Å². The zero-order valence-electron chi connectivity index (χ0n) is 16.4. The Kier molecular flexibility index (Phi) is 6.18. The Morgan fingerprint density at radius 1 is 1.11 bits per heavy atom. The molecular formula is C24H23N3O. The number of hydrogen-bond acceptors (Lipinski definition) is 4. The van der Waals surface area contributed by atoms with Crippen molar-refractivity contribution < 1.29 is 4.79 Å². The first-order chi connectivity index (χ1) is 13.6. The molecule has 0 saturated carbocycles. The maximum absolute atomic E-state index is 13.1. The summed E-state index contributed by atoms with van der Waals surface area (Å²) < 4.78 is 0. The van der Waals surface area contributed by atoms with Gasteiger partial charge in [0.05, 0.1) is 5.56 Å². The fourth-order valence-electron chi connectivity index (χ4n) is 2.98. The summed E-state index contributed by atoms with van der Waals surface area (Å²) in [4.78, 5) is 21.9. The van der Waals surface area contributed by atoms with Gasteiger partial charge in [-0.05, 0) is 49.6 Å². The SMILES string of the molecule is CC#Cc1ccc(NC[C@@H](C)c2ccccc2)nc1C(=O)c1cccnc1C. The standard InChI is InChI=1S/C24H23N3O/c1-4-9-20-13-14-22(26-16-17(2)19-10-6-5-7-11-19)27-23(20)24(28)21-12-8-15-25-18(21)3/h5-8,10-15,17H,16H2,1-3H3,(H,26,27)/t17-/m1/s1. The summed E-state index contributed by atoms with van der Waals surface area (Å²) in [5.41, 5.74) is 3.45. The van der Waals surface area contributed by atoms with Crippen LogP contribution in [0.15, 0.2) is 60.8 Å². The molecule has 0 aliphatic carbocycles. The number of benzene rings is 1. The minimum atomic E-state index is -0.164. The van der Waals surface area contributed by atoms with E-state index in [1.807, 2.05) is 37.3 Å². The van der Waals surface area contributed by atoms with E-state index in [1.165, 1.54) is 5.56 Å². The number of aromatic nitrogens is 2. The van der Waals surface area contributed by atoms with Gasteiger partial charge in [0.25, 0.3) is 0 Å². The molecule has 3 rings (SSSR count). The Morgan fingerprint density at radius 2 is 1.89 bits per heavy atom. The molecule has 4 nitrogen and oxygen atoms in total. The molecule has 3 aromatic rings. The van der Waals surface area contributed by atoms with Crippen LogP contribution in [0.2, 0.25) is 0 Å². The molecule has 4 heteroatoms. The number of nitrogens with one attached hydrogen (secondary N) is 1. The van der Waals surface area contributed by atoms with Crippen molar-refractivity contribution in [3.63, 3.8) is 0 Å². The van der Waals surface area contributed by atoms with Crippen LogP contribution in [0.3, 0.4) is 0 Å². The highest BCUT2D eigenvalue weighted by Gasteiger charge is 2.18. The summed E-state index contributed by atoms with van der Waals surface area (Å²) >= 11 is 0. The summed E-state index contributed by atoms with van der Waals surface area (Å²) in [5.74, 6) is 6.66. The first-order valence-corrected chi connectivity index (χ1v) is 9.29. The molecule has 0 aliphatic heterocycles. The molecule has 28 heavy (non-hydrogen) atoms. The third-order valence-corrected chi connectivity index (χ3v) is 4.58.